The summed E-state index contributed by atoms with van der Waals surface area (Å²) in [7, 11) is 0. The summed E-state index contributed by atoms with van der Waals surface area (Å²) >= 11 is 1.28. The van der Waals surface area contributed by atoms with Gasteiger partial charge < -0.3 is 15.4 Å². The molecule has 0 aromatic carbocycles. The van der Waals surface area contributed by atoms with Crippen LogP contribution in [-0.4, -0.2) is 31.6 Å². The van der Waals surface area contributed by atoms with E-state index in [0.717, 1.165) is 23.4 Å². The molecule has 21 heavy (non-hydrogen) atoms. The first kappa shape index (κ1) is 15.7. The number of carbonyl (C=O) groups is 2. The number of nitrogens with one attached hydrogen (secondary N) is 2. The predicted molar refractivity (Wildman–Crippen MR) is 83.6 cm³/mol. The maximum atomic E-state index is 11.9. The van der Waals surface area contributed by atoms with Crippen LogP contribution >= 0.6 is 11.3 Å². The van der Waals surface area contributed by atoms with Crippen LogP contribution in [0.1, 0.15) is 29.4 Å². The van der Waals surface area contributed by atoms with Crippen molar-refractivity contribution in [1.82, 2.24) is 5.32 Å². The maximum Gasteiger partial charge on any atom is 0.261 e. The van der Waals surface area contributed by atoms with Gasteiger partial charge in [0, 0.05) is 12.5 Å². The van der Waals surface area contributed by atoms with Gasteiger partial charge in [0.1, 0.15) is 0 Å². The molecule has 2 rings (SSSR count). The third-order valence-electron chi connectivity index (χ3n) is 2.90. The fourth-order valence-electron chi connectivity index (χ4n) is 1.67. The van der Waals surface area contributed by atoms with Gasteiger partial charge in [0.05, 0.1) is 23.1 Å². The number of hydrogen-bond donors (Lipinski definition) is 2. The normalized spacial score (nSPS) is 13.8. The molecule has 114 valence electrons. The summed E-state index contributed by atoms with van der Waals surface area (Å²) in [6.45, 7) is 7.04. The molecule has 0 saturated heterocycles. The molecule has 2 amide bonds. The molecular formula is C15H20N2O3S. The average molecular weight is 308 g/mol. The average Bonchev–Trinajstić information content (AvgIpc) is 3.18. The number of hydrogen-bond acceptors (Lipinski definition) is 4. The predicted octanol–water partition coefficient (Wildman–Crippen LogP) is 2.42. The molecule has 1 aromatic heterocycles. The highest BCUT2D eigenvalue weighted by molar-refractivity contribution is 7.18. The van der Waals surface area contributed by atoms with E-state index in [0.29, 0.717) is 24.6 Å². The number of anilines is 1. The first-order valence-electron chi connectivity index (χ1n) is 6.97. The zero-order valence-corrected chi connectivity index (χ0v) is 12.9. The van der Waals surface area contributed by atoms with E-state index in [9.17, 15) is 9.59 Å². The monoisotopic (exact) mass is 308 g/mol. The summed E-state index contributed by atoms with van der Waals surface area (Å²) < 4.78 is 5.30. The van der Waals surface area contributed by atoms with Gasteiger partial charge in [-0.05, 0) is 31.9 Å². The lowest BCUT2D eigenvalue weighted by Crippen LogP contribution is -2.26. The van der Waals surface area contributed by atoms with Crippen molar-refractivity contribution in [3.8, 4) is 0 Å². The van der Waals surface area contributed by atoms with Gasteiger partial charge in [-0.2, -0.15) is 0 Å². The molecule has 1 heterocycles. The zero-order chi connectivity index (χ0) is 15.2. The second-order valence-corrected chi connectivity index (χ2v) is 6.28. The lowest BCUT2D eigenvalue weighted by atomic mass is 10.4. The van der Waals surface area contributed by atoms with Crippen LogP contribution in [0, 0.1) is 5.92 Å². The van der Waals surface area contributed by atoms with Gasteiger partial charge in [0.15, 0.2) is 0 Å². The summed E-state index contributed by atoms with van der Waals surface area (Å²) in [5.74, 6) is 0.0673. The van der Waals surface area contributed by atoms with Gasteiger partial charge in [-0.15, -0.1) is 11.3 Å². The van der Waals surface area contributed by atoms with E-state index in [2.05, 4.69) is 17.2 Å². The topological polar surface area (TPSA) is 67.4 Å². The van der Waals surface area contributed by atoms with E-state index < -0.39 is 0 Å². The van der Waals surface area contributed by atoms with Crippen molar-refractivity contribution in [2.75, 3.05) is 25.1 Å². The Bertz CT molecular complexity index is 535. The maximum absolute atomic E-state index is 11.9. The lowest BCUT2D eigenvalue weighted by Gasteiger charge is -2.05. The summed E-state index contributed by atoms with van der Waals surface area (Å²) in [6, 6.07) is 3.48. The van der Waals surface area contributed by atoms with Crippen LogP contribution in [0.15, 0.2) is 24.3 Å². The Hall–Kier alpha value is -1.66. The van der Waals surface area contributed by atoms with Crippen molar-refractivity contribution in [3.63, 3.8) is 0 Å². The third-order valence-corrected chi connectivity index (χ3v) is 3.90. The summed E-state index contributed by atoms with van der Waals surface area (Å²) in [5, 5.41) is 6.33. The SMILES string of the molecule is C=C(C)COCCNC(=O)c1ccc(NC(=O)C2CC2)s1. The van der Waals surface area contributed by atoms with Crippen molar-refractivity contribution < 1.29 is 14.3 Å². The number of amides is 2. The second-order valence-electron chi connectivity index (χ2n) is 5.19. The highest BCUT2D eigenvalue weighted by Gasteiger charge is 2.29. The molecule has 1 aromatic rings. The minimum Gasteiger partial charge on any atom is -0.375 e. The van der Waals surface area contributed by atoms with E-state index in [1.165, 1.54) is 11.3 Å². The molecule has 0 bridgehead atoms. The van der Waals surface area contributed by atoms with E-state index in [4.69, 9.17) is 4.74 Å². The number of rotatable bonds is 8. The van der Waals surface area contributed by atoms with Crippen LogP contribution in [0.3, 0.4) is 0 Å². The molecule has 1 aliphatic rings. The van der Waals surface area contributed by atoms with Crippen LogP contribution in [-0.2, 0) is 9.53 Å². The minimum absolute atomic E-state index is 0.0528. The van der Waals surface area contributed by atoms with Crippen LogP contribution in [0.4, 0.5) is 5.00 Å². The fraction of sp³-hybridized carbons (Fsp3) is 0.467. The molecule has 2 N–H and O–H groups in total. The lowest BCUT2D eigenvalue weighted by molar-refractivity contribution is -0.117. The van der Waals surface area contributed by atoms with Gasteiger partial charge in [-0.3, -0.25) is 9.59 Å². The Labute approximate surface area is 128 Å². The molecular weight excluding hydrogens is 288 g/mol. The van der Waals surface area contributed by atoms with Crippen LogP contribution in [0.2, 0.25) is 0 Å². The van der Waals surface area contributed by atoms with Crippen LogP contribution in [0.25, 0.3) is 0 Å². The molecule has 1 saturated carbocycles. The van der Waals surface area contributed by atoms with Crippen molar-refractivity contribution in [2.24, 2.45) is 5.92 Å². The highest BCUT2D eigenvalue weighted by Crippen LogP contribution is 2.31. The first-order valence-corrected chi connectivity index (χ1v) is 7.79. The molecule has 1 fully saturated rings. The van der Waals surface area contributed by atoms with Crippen molar-refractivity contribution in [1.29, 1.82) is 0 Å². The Morgan fingerprint density at radius 2 is 2.19 bits per heavy atom. The molecule has 0 spiro atoms. The van der Waals surface area contributed by atoms with Crippen LogP contribution in [0.5, 0.6) is 0 Å². The molecule has 0 radical (unpaired) electrons. The molecule has 0 atom stereocenters. The van der Waals surface area contributed by atoms with Gasteiger partial charge >= 0.3 is 0 Å². The smallest absolute Gasteiger partial charge is 0.261 e. The molecule has 6 heteroatoms. The highest BCUT2D eigenvalue weighted by atomic mass is 32.1. The first-order chi connectivity index (χ1) is 10.1. The Kier molecular flexibility index (Phi) is 5.52. The standard InChI is InChI=1S/C15H20N2O3S/c1-10(2)9-20-8-7-16-15(19)12-5-6-13(21-12)17-14(18)11-3-4-11/h5-6,11H,1,3-4,7-9H2,2H3,(H,16,19)(H,17,18). The Morgan fingerprint density at radius 3 is 2.86 bits per heavy atom. The number of thiophene rings is 1. The Balaban J connectivity index is 1.71. The van der Waals surface area contributed by atoms with E-state index in [1.807, 2.05) is 6.92 Å². The van der Waals surface area contributed by atoms with Gasteiger partial charge in [-0.25, -0.2) is 0 Å². The fourth-order valence-corrected chi connectivity index (χ4v) is 2.49. The molecule has 1 aliphatic carbocycles. The zero-order valence-electron chi connectivity index (χ0n) is 12.1. The quantitative estimate of drug-likeness (QED) is 0.572. The second kappa shape index (κ2) is 7.38. The van der Waals surface area contributed by atoms with Gasteiger partial charge in [-0.1, -0.05) is 12.2 Å². The van der Waals surface area contributed by atoms with Crippen LogP contribution < -0.4 is 10.6 Å². The van der Waals surface area contributed by atoms with E-state index in [1.54, 1.807) is 12.1 Å². The van der Waals surface area contributed by atoms with Gasteiger partial charge in [0.25, 0.3) is 5.91 Å². The van der Waals surface area contributed by atoms with Gasteiger partial charge in [0.2, 0.25) is 5.91 Å². The molecule has 0 unspecified atom stereocenters. The summed E-state index contributed by atoms with van der Waals surface area (Å²) in [6.07, 6.45) is 1.93. The largest absolute Gasteiger partial charge is 0.375 e. The number of ether oxygens (including phenoxy) is 1. The van der Waals surface area contributed by atoms with Crippen molar-refractivity contribution in [2.45, 2.75) is 19.8 Å². The Morgan fingerprint density at radius 1 is 1.43 bits per heavy atom. The van der Waals surface area contributed by atoms with E-state index >= 15 is 0 Å². The van der Waals surface area contributed by atoms with Crippen molar-refractivity contribution in [3.05, 3.63) is 29.2 Å². The minimum atomic E-state index is -0.147. The van der Waals surface area contributed by atoms with Crippen molar-refractivity contribution >= 4 is 28.2 Å². The summed E-state index contributed by atoms with van der Waals surface area (Å²) in [5.41, 5.74) is 0.954. The molecule has 5 nitrogen and oxygen atoms in total. The molecule has 0 aliphatic heterocycles. The van der Waals surface area contributed by atoms with E-state index in [-0.39, 0.29) is 17.7 Å². The number of carbonyl (C=O) groups excluding carboxylic acids is 2. The summed E-state index contributed by atoms with van der Waals surface area (Å²) in [4.78, 5) is 24.1. The third kappa shape index (κ3) is 5.32.